The van der Waals surface area contributed by atoms with E-state index >= 15 is 0 Å². The van der Waals surface area contributed by atoms with Crippen molar-refractivity contribution < 1.29 is 23.9 Å². The fourth-order valence-electron chi connectivity index (χ4n) is 2.84. The molecule has 1 atom stereocenters. The molecule has 7 nitrogen and oxygen atoms in total. The van der Waals surface area contributed by atoms with Gasteiger partial charge in [0.05, 0.1) is 31.2 Å². The van der Waals surface area contributed by atoms with E-state index in [4.69, 9.17) is 62.7 Å². The number of rotatable bonds is 5. The van der Waals surface area contributed by atoms with Crippen LogP contribution in [0.5, 0.6) is 0 Å². The second kappa shape index (κ2) is 9.22. The van der Waals surface area contributed by atoms with Gasteiger partial charge in [-0.1, -0.05) is 64.1 Å². The molecule has 0 aliphatic carbocycles. The Kier molecular flexibility index (Phi) is 7.03. The highest BCUT2D eigenvalue weighted by molar-refractivity contribution is 6.55. The Morgan fingerprint density at radius 2 is 1.52 bits per heavy atom. The molecule has 1 aliphatic rings. The Hall–Kier alpha value is -2.03. The third-order valence-corrected chi connectivity index (χ3v) is 6.35. The molecule has 0 fully saturated rings. The Balaban J connectivity index is 1.72. The van der Waals surface area contributed by atoms with Gasteiger partial charge in [-0.05, 0) is 25.1 Å². The fraction of sp³-hybridized carbons (Fsp3) is 0.158. The van der Waals surface area contributed by atoms with Gasteiger partial charge in [0.25, 0.3) is 17.7 Å². The molecule has 2 aromatic carbocycles. The van der Waals surface area contributed by atoms with E-state index in [1.165, 1.54) is 13.0 Å². The molecule has 1 N–H and O–H groups in total. The van der Waals surface area contributed by atoms with Gasteiger partial charge in [-0.15, -0.1) is 0 Å². The number of carbonyl (C=O) groups is 4. The van der Waals surface area contributed by atoms with Gasteiger partial charge < -0.3 is 10.1 Å². The molecule has 0 saturated heterocycles. The third-order valence-electron chi connectivity index (χ3n) is 4.31. The molecule has 0 aromatic heterocycles. The normalized spacial score (nSPS) is 13.8. The second-order valence-corrected chi connectivity index (χ2v) is 8.28. The molecule has 0 radical (unpaired) electrons. The number of anilines is 1. The number of benzene rings is 2. The molecular weight excluding hydrogens is 513 g/mol. The Labute approximate surface area is 201 Å². The molecule has 162 valence electrons. The first-order valence-corrected chi connectivity index (χ1v) is 10.4. The molecule has 12 heteroatoms. The summed E-state index contributed by atoms with van der Waals surface area (Å²) < 4.78 is 4.94. The van der Waals surface area contributed by atoms with Gasteiger partial charge in [-0.3, -0.25) is 19.3 Å². The van der Waals surface area contributed by atoms with Crippen molar-refractivity contribution in [3.8, 4) is 0 Å². The molecular formula is C19H11Cl5N2O5. The summed E-state index contributed by atoms with van der Waals surface area (Å²) in [5.41, 5.74) is -0.117. The van der Waals surface area contributed by atoms with Crippen LogP contribution in [0.1, 0.15) is 27.6 Å². The van der Waals surface area contributed by atoms with Crippen molar-refractivity contribution in [1.29, 1.82) is 0 Å². The minimum atomic E-state index is -1.38. The SMILES string of the molecule is C[C@H](C(=O)OCC(=O)Nc1cccc(Cl)c1)N1C(=O)c2c(Cl)c(Cl)c(Cl)c(Cl)c2C1=O. The second-order valence-electron chi connectivity index (χ2n) is 6.33. The largest absolute Gasteiger partial charge is 0.454 e. The molecule has 1 aliphatic heterocycles. The molecule has 0 saturated carbocycles. The van der Waals surface area contributed by atoms with E-state index in [9.17, 15) is 19.2 Å². The van der Waals surface area contributed by atoms with Gasteiger partial charge in [-0.2, -0.15) is 0 Å². The lowest BCUT2D eigenvalue weighted by Gasteiger charge is -2.20. The van der Waals surface area contributed by atoms with Crippen molar-refractivity contribution in [2.24, 2.45) is 0 Å². The predicted molar refractivity (Wildman–Crippen MR) is 117 cm³/mol. The number of hydrogen-bond acceptors (Lipinski definition) is 5. The van der Waals surface area contributed by atoms with Crippen molar-refractivity contribution in [1.82, 2.24) is 4.90 Å². The number of carbonyl (C=O) groups excluding carboxylic acids is 4. The maximum Gasteiger partial charge on any atom is 0.329 e. The van der Waals surface area contributed by atoms with Crippen LogP contribution in [0.15, 0.2) is 24.3 Å². The Bertz CT molecular complexity index is 1090. The number of ether oxygens (including phenoxy) is 1. The van der Waals surface area contributed by atoms with Crippen molar-refractivity contribution in [2.45, 2.75) is 13.0 Å². The van der Waals surface area contributed by atoms with E-state index < -0.39 is 36.3 Å². The first kappa shape index (κ1) is 23.6. The number of nitrogens with zero attached hydrogens (tertiary/aromatic N) is 1. The van der Waals surface area contributed by atoms with Gasteiger partial charge in [0.15, 0.2) is 6.61 Å². The van der Waals surface area contributed by atoms with Crippen molar-refractivity contribution >= 4 is 87.4 Å². The number of fused-ring (bicyclic) bond motifs is 1. The van der Waals surface area contributed by atoms with Gasteiger partial charge in [0.2, 0.25) is 0 Å². The average Bonchev–Trinajstić information content (AvgIpc) is 2.98. The van der Waals surface area contributed by atoms with Crippen molar-refractivity contribution in [3.63, 3.8) is 0 Å². The highest BCUT2D eigenvalue weighted by Crippen LogP contribution is 2.45. The molecule has 3 rings (SSSR count). The Morgan fingerprint density at radius 3 is 2.03 bits per heavy atom. The average molecular weight is 525 g/mol. The van der Waals surface area contributed by atoms with Crippen LogP contribution in [0.3, 0.4) is 0 Å². The first-order valence-electron chi connectivity index (χ1n) is 8.50. The molecule has 2 aromatic rings. The third kappa shape index (κ3) is 4.47. The maximum absolute atomic E-state index is 12.8. The summed E-state index contributed by atoms with van der Waals surface area (Å²) in [5, 5.41) is 2.01. The van der Waals surface area contributed by atoms with Gasteiger partial charge in [-0.25, -0.2) is 4.79 Å². The minimum Gasteiger partial charge on any atom is -0.454 e. The standard InChI is InChI=1S/C19H11Cl5N2O5/c1-7(19(30)31-6-10(27)25-9-4-2-3-8(20)5-9)26-17(28)11-12(18(26)29)14(22)16(24)15(23)13(11)21/h2-5,7H,6H2,1H3,(H,25,27)/t7-/m1/s1. The summed E-state index contributed by atoms with van der Waals surface area (Å²) in [5.74, 6) is -3.42. The monoisotopic (exact) mass is 522 g/mol. The summed E-state index contributed by atoms with van der Waals surface area (Å²) in [7, 11) is 0. The Morgan fingerprint density at radius 1 is 0.968 bits per heavy atom. The number of halogens is 5. The van der Waals surface area contributed by atoms with Gasteiger partial charge in [0, 0.05) is 10.7 Å². The highest BCUT2D eigenvalue weighted by atomic mass is 35.5. The van der Waals surface area contributed by atoms with Crippen LogP contribution in [0, 0.1) is 0 Å². The number of amides is 3. The number of esters is 1. The lowest BCUT2D eigenvalue weighted by molar-refractivity contribution is -0.150. The summed E-state index contributed by atoms with van der Waals surface area (Å²) in [6.45, 7) is 0.599. The molecule has 1 heterocycles. The van der Waals surface area contributed by atoms with E-state index in [1.54, 1.807) is 18.2 Å². The summed E-state index contributed by atoms with van der Waals surface area (Å²) in [6, 6.07) is 4.97. The lowest BCUT2D eigenvalue weighted by Crippen LogP contribution is -2.44. The number of hydrogen-bond donors (Lipinski definition) is 1. The summed E-state index contributed by atoms with van der Waals surface area (Å²) in [6.07, 6.45) is 0. The smallest absolute Gasteiger partial charge is 0.329 e. The minimum absolute atomic E-state index is 0.192. The van der Waals surface area contributed by atoms with E-state index in [0.717, 1.165) is 0 Å². The van der Waals surface area contributed by atoms with Crippen LogP contribution in [-0.2, 0) is 14.3 Å². The predicted octanol–water partition coefficient (Wildman–Crippen LogP) is 5.12. The maximum atomic E-state index is 12.8. The zero-order chi connectivity index (χ0) is 23.0. The van der Waals surface area contributed by atoms with E-state index in [-0.39, 0.29) is 31.2 Å². The van der Waals surface area contributed by atoms with Crippen LogP contribution in [-0.4, -0.2) is 41.2 Å². The number of imide groups is 1. The van der Waals surface area contributed by atoms with Crippen LogP contribution >= 0.6 is 58.0 Å². The topological polar surface area (TPSA) is 92.8 Å². The van der Waals surface area contributed by atoms with Crippen LogP contribution in [0.2, 0.25) is 25.1 Å². The van der Waals surface area contributed by atoms with Crippen LogP contribution in [0.4, 0.5) is 5.69 Å². The summed E-state index contributed by atoms with van der Waals surface area (Å²) in [4.78, 5) is 50.5. The molecule has 0 bridgehead atoms. The van der Waals surface area contributed by atoms with Gasteiger partial charge >= 0.3 is 5.97 Å². The highest BCUT2D eigenvalue weighted by Gasteiger charge is 2.45. The first-order chi connectivity index (χ1) is 14.5. The zero-order valence-electron chi connectivity index (χ0n) is 15.5. The van der Waals surface area contributed by atoms with E-state index in [0.29, 0.717) is 15.6 Å². The molecule has 0 spiro atoms. The molecule has 31 heavy (non-hydrogen) atoms. The van der Waals surface area contributed by atoms with Crippen LogP contribution in [0.25, 0.3) is 0 Å². The van der Waals surface area contributed by atoms with E-state index in [1.807, 2.05) is 0 Å². The van der Waals surface area contributed by atoms with Crippen LogP contribution < -0.4 is 5.32 Å². The lowest BCUT2D eigenvalue weighted by atomic mass is 10.1. The molecule has 0 unspecified atom stereocenters. The summed E-state index contributed by atoms with van der Waals surface area (Å²) >= 11 is 29.9. The quantitative estimate of drug-likeness (QED) is 0.254. The van der Waals surface area contributed by atoms with Gasteiger partial charge in [0.1, 0.15) is 6.04 Å². The molecule has 3 amide bonds. The van der Waals surface area contributed by atoms with Crippen molar-refractivity contribution in [2.75, 3.05) is 11.9 Å². The zero-order valence-corrected chi connectivity index (χ0v) is 19.3. The van der Waals surface area contributed by atoms with Crippen molar-refractivity contribution in [3.05, 3.63) is 60.5 Å². The number of nitrogens with one attached hydrogen (secondary N) is 1. The van der Waals surface area contributed by atoms with E-state index in [2.05, 4.69) is 5.32 Å². The fourth-order valence-corrected chi connectivity index (χ4v) is 4.05.